The van der Waals surface area contributed by atoms with Gasteiger partial charge in [-0.25, -0.2) is 4.98 Å². The van der Waals surface area contributed by atoms with Crippen LogP contribution in [0.25, 0.3) is 0 Å². The number of unbranched alkanes of at least 4 members (excludes halogenated alkanes) is 2. The summed E-state index contributed by atoms with van der Waals surface area (Å²) in [5, 5.41) is 0. The first kappa shape index (κ1) is 10.0. The molecule has 0 saturated heterocycles. The fourth-order valence-corrected chi connectivity index (χ4v) is 1.39. The van der Waals surface area contributed by atoms with Crippen LogP contribution >= 0.6 is 0 Å². The Kier molecular flexibility index (Phi) is 4.30. The lowest BCUT2D eigenvalue weighted by Crippen LogP contribution is -2.02. The third kappa shape index (κ3) is 3.05. The molecule has 0 saturated carbocycles. The highest BCUT2D eigenvalue weighted by molar-refractivity contribution is 4.97. The molecule has 0 aliphatic heterocycles. The fraction of sp³-hybridized carbons (Fsp3) is 0.545. The normalized spacial score (nSPS) is 10.2. The van der Waals surface area contributed by atoms with Crippen molar-refractivity contribution in [3.05, 3.63) is 30.9 Å². The standard InChI is InChI=1S/C11H18N2/c1-3-5-6-9-13-10-8-12-11(13)7-4-2/h4,8,10H,2-3,5-7,9H2,1H3. The van der Waals surface area contributed by atoms with Crippen molar-refractivity contribution in [1.82, 2.24) is 9.55 Å². The largest absolute Gasteiger partial charge is 0.335 e. The van der Waals surface area contributed by atoms with Crippen LogP contribution in [0.3, 0.4) is 0 Å². The van der Waals surface area contributed by atoms with E-state index in [0.29, 0.717) is 0 Å². The first-order valence-electron chi connectivity index (χ1n) is 4.99. The zero-order chi connectivity index (χ0) is 9.52. The van der Waals surface area contributed by atoms with Crippen molar-refractivity contribution in [2.24, 2.45) is 0 Å². The van der Waals surface area contributed by atoms with E-state index in [0.717, 1.165) is 18.8 Å². The number of aryl methyl sites for hydroxylation is 1. The smallest absolute Gasteiger partial charge is 0.112 e. The van der Waals surface area contributed by atoms with Gasteiger partial charge in [-0.2, -0.15) is 0 Å². The molecule has 0 aromatic carbocycles. The lowest BCUT2D eigenvalue weighted by atomic mass is 10.2. The van der Waals surface area contributed by atoms with Crippen molar-refractivity contribution in [3.63, 3.8) is 0 Å². The van der Waals surface area contributed by atoms with Crippen LogP contribution in [0.2, 0.25) is 0 Å². The molecule has 1 heterocycles. The third-order valence-corrected chi connectivity index (χ3v) is 2.13. The average molecular weight is 178 g/mol. The van der Waals surface area contributed by atoms with Crippen molar-refractivity contribution >= 4 is 0 Å². The van der Waals surface area contributed by atoms with Crippen molar-refractivity contribution in [3.8, 4) is 0 Å². The van der Waals surface area contributed by atoms with Crippen molar-refractivity contribution < 1.29 is 0 Å². The van der Waals surface area contributed by atoms with Gasteiger partial charge in [0.2, 0.25) is 0 Å². The molecular formula is C11H18N2. The van der Waals surface area contributed by atoms with E-state index in [1.807, 2.05) is 12.3 Å². The molecule has 13 heavy (non-hydrogen) atoms. The van der Waals surface area contributed by atoms with Gasteiger partial charge >= 0.3 is 0 Å². The van der Waals surface area contributed by atoms with Gasteiger partial charge in [0.25, 0.3) is 0 Å². The van der Waals surface area contributed by atoms with Crippen LogP contribution in [0.1, 0.15) is 32.0 Å². The summed E-state index contributed by atoms with van der Waals surface area (Å²) in [6.45, 7) is 7.03. The third-order valence-electron chi connectivity index (χ3n) is 2.13. The Bertz CT molecular complexity index is 250. The molecule has 0 aliphatic carbocycles. The predicted octanol–water partition coefficient (Wildman–Crippen LogP) is 2.80. The van der Waals surface area contributed by atoms with Gasteiger partial charge in [-0.3, -0.25) is 0 Å². The molecule has 1 aromatic heterocycles. The van der Waals surface area contributed by atoms with E-state index < -0.39 is 0 Å². The van der Waals surface area contributed by atoms with Crippen LogP contribution in [0.4, 0.5) is 0 Å². The van der Waals surface area contributed by atoms with Crippen molar-refractivity contribution in [2.45, 2.75) is 39.2 Å². The number of allylic oxidation sites excluding steroid dienone is 1. The molecule has 72 valence electrons. The molecule has 0 unspecified atom stereocenters. The van der Waals surface area contributed by atoms with Crippen molar-refractivity contribution in [1.29, 1.82) is 0 Å². The molecule has 0 bridgehead atoms. The van der Waals surface area contributed by atoms with E-state index in [9.17, 15) is 0 Å². The van der Waals surface area contributed by atoms with Gasteiger partial charge in [-0.05, 0) is 6.42 Å². The van der Waals surface area contributed by atoms with Crippen LogP contribution < -0.4 is 0 Å². The number of hydrogen-bond acceptors (Lipinski definition) is 1. The highest BCUT2D eigenvalue weighted by Gasteiger charge is 1.98. The van der Waals surface area contributed by atoms with Gasteiger partial charge in [0.15, 0.2) is 0 Å². The van der Waals surface area contributed by atoms with E-state index in [1.165, 1.54) is 19.3 Å². The van der Waals surface area contributed by atoms with Gasteiger partial charge in [0.1, 0.15) is 5.82 Å². The first-order chi connectivity index (χ1) is 6.38. The van der Waals surface area contributed by atoms with Crippen LogP contribution in [-0.4, -0.2) is 9.55 Å². The predicted molar refractivity (Wildman–Crippen MR) is 55.7 cm³/mol. The maximum Gasteiger partial charge on any atom is 0.112 e. The molecule has 0 aliphatic rings. The molecule has 1 aromatic rings. The van der Waals surface area contributed by atoms with Crippen LogP contribution in [0.5, 0.6) is 0 Å². The second-order valence-corrected chi connectivity index (χ2v) is 3.24. The Hall–Kier alpha value is -1.05. The van der Waals surface area contributed by atoms with E-state index in [4.69, 9.17) is 0 Å². The molecule has 0 atom stereocenters. The molecule has 0 fully saturated rings. The van der Waals surface area contributed by atoms with Gasteiger partial charge in [0.05, 0.1) is 0 Å². The van der Waals surface area contributed by atoms with Crippen molar-refractivity contribution in [2.75, 3.05) is 0 Å². The van der Waals surface area contributed by atoms with Gasteiger partial charge in [-0.15, -0.1) is 6.58 Å². The van der Waals surface area contributed by atoms with Crippen LogP contribution in [0.15, 0.2) is 25.0 Å². The van der Waals surface area contributed by atoms with Crippen LogP contribution in [0, 0.1) is 0 Å². The summed E-state index contributed by atoms with van der Waals surface area (Å²) in [7, 11) is 0. The number of aromatic nitrogens is 2. The molecule has 0 spiro atoms. The topological polar surface area (TPSA) is 17.8 Å². The number of hydrogen-bond donors (Lipinski definition) is 0. The summed E-state index contributed by atoms with van der Waals surface area (Å²) in [6.07, 6.45) is 10.5. The number of rotatable bonds is 6. The summed E-state index contributed by atoms with van der Waals surface area (Å²) in [6, 6.07) is 0. The summed E-state index contributed by atoms with van der Waals surface area (Å²) >= 11 is 0. The second-order valence-electron chi connectivity index (χ2n) is 3.24. The Morgan fingerprint density at radius 2 is 2.38 bits per heavy atom. The fourth-order valence-electron chi connectivity index (χ4n) is 1.39. The summed E-state index contributed by atoms with van der Waals surface area (Å²) in [4.78, 5) is 4.28. The monoisotopic (exact) mass is 178 g/mol. The van der Waals surface area contributed by atoms with Gasteiger partial charge in [-0.1, -0.05) is 25.8 Å². The maximum atomic E-state index is 4.28. The van der Waals surface area contributed by atoms with E-state index in [2.05, 4.69) is 29.3 Å². The van der Waals surface area contributed by atoms with Gasteiger partial charge in [0, 0.05) is 25.4 Å². The molecule has 0 amide bonds. The Morgan fingerprint density at radius 1 is 1.54 bits per heavy atom. The van der Waals surface area contributed by atoms with Gasteiger partial charge < -0.3 is 4.57 Å². The second kappa shape index (κ2) is 5.57. The molecule has 2 heteroatoms. The summed E-state index contributed by atoms with van der Waals surface area (Å²) in [5.74, 6) is 1.13. The Balaban J connectivity index is 2.44. The van der Waals surface area contributed by atoms with E-state index in [1.54, 1.807) is 0 Å². The first-order valence-corrected chi connectivity index (χ1v) is 4.99. The maximum absolute atomic E-state index is 4.28. The lowest BCUT2D eigenvalue weighted by molar-refractivity contribution is 0.586. The Labute approximate surface area is 80.3 Å². The molecule has 0 radical (unpaired) electrons. The molecule has 0 N–H and O–H groups in total. The minimum Gasteiger partial charge on any atom is -0.335 e. The van der Waals surface area contributed by atoms with E-state index in [-0.39, 0.29) is 0 Å². The molecule has 1 rings (SSSR count). The zero-order valence-electron chi connectivity index (χ0n) is 8.37. The SMILES string of the molecule is C=CCc1nccn1CCCCC. The number of nitrogens with zero attached hydrogens (tertiary/aromatic N) is 2. The number of imidazole rings is 1. The summed E-state index contributed by atoms with van der Waals surface area (Å²) in [5.41, 5.74) is 0. The van der Waals surface area contributed by atoms with E-state index >= 15 is 0 Å². The zero-order valence-corrected chi connectivity index (χ0v) is 8.37. The molecule has 2 nitrogen and oxygen atoms in total. The minimum atomic E-state index is 0.874. The van der Waals surface area contributed by atoms with Crippen LogP contribution in [-0.2, 0) is 13.0 Å². The lowest BCUT2D eigenvalue weighted by Gasteiger charge is -2.04. The summed E-state index contributed by atoms with van der Waals surface area (Å²) < 4.78 is 2.22. The highest BCUT2D eigenvalue weighted by Crippen LogP contribution is 2.03. The quantitative estimate of drug-likeness (QED) is 0.484. The Morgan fingerprint density at radius 3 is 3.08 bits per heavy atom. The average Bonchev–Trinajstić information content (AvgIpc) is 2.54. The molecular weight excluding hydrogens is 160 g/mol. The highest BCUT2D eigenvalue weighted by atomic mass is 15.1. The minimum absolute atomic E-state index is 0.874.